The van der Waals surface area contributed by atoms with Crippen molar-refractivity contribution in [3.05, 3.63) is 70.4 Å². The average molecular weight is 306 g/mol. The molecular formula is C16H9F3OS. The van der Waals surface area contributed by atoms with Crippen LogP contribution in [0.3, 0.4) is 0 Å². The lowest BCUT2D eigenvalue weighted by molar-refractivity contribution is 0.0997. The van der Waals surface area contributed by atoms with Crippen LogP contribution in [-0.2, 0) is 6.42 Å². The summed E-state index contributed by atoms with van der Waals surface area (Å²) in [6.07, 6.45) is -0.0933. The van der Waals surface area contributed by atoms with Crippen LogP contribution >= 0.6 is 11.3 Å². The first-order valence-corrected chi connectivity index (χ1v) is 7.00. The van der Waals surface area contributed by atoms with Crippen LogP contribution in [0, 0.1) is 17.5 Å². The SMILES string of the molecule is O=C(Cc1cc(F)cc(F)c1)c1cc2ccc(F)cc2s1. The Morgan fingerprint density at radius 2 is 1.62 bits per heavy atom. The van der Waals surface area contributed by atoms with Crippen molar-refractivity contribution in [1.82, 2.24) is 0 Å². The molecule has 0 atom stereocenters. The molecule has 0 amide bonds. The number of fused-ring (bicyclic) bond motifs is 1. The van der Waals surface area contributed by atoms with Gasteiger partial charge in [0.2, 0.25) is 0 Å². The van der Waals surface area contributed by atoms with Crippen LogP contribution in [0.15, 0.2) is 42.5 Å². The minimum atomic E-state index is -0.712. The van der Waals surface area contributed by atoms with E-state index >= 15 is 0 Å². The summed E-state index contributed by atoms with van der Waals surface area (Å²) < 4.78 is 40.0. The Balaban J connectivity index is 1.89. The molecular weight excluding hydrogens is 297 g/mol. The summed E-state index contributed by atoms with van der Waals surface area (Å²) in [4.78, 5) is 12.6. The smallest absolute Gasteiger partial charge is 0.177 e. The fourth-order valence-corrected chi connectivity index (χ4v) is 3.15. The van der Waals surface area contributed by atoms with Crippen molar-refractivity contribution in [1.29, 1.82) is 0 Å². The average Bonchev–Trinajstić information content (AvgIpc) is 2.80. The number of carbonyl (C=O) groups is 1. The predicted molar refractivity (Wildman–Crippen MR) is 76.2 cm³/mol. The van der Waals surface area contributed by atoms with E-state index in [1.54, 1.807) is 12.1 Å². The molecule has 0 radical (unpaired) electrons. The zero-order valence-electron chi connectivity index (χ0n) is 10.7. The highest BCUT2D eigenvalue weighted by Crippen LogP contribution is 2.27. The van der Waals surface area contributed by atoms with Crippen molar-refractivity contribution >= 4 is 27.2 Å². The Bertz CT molecular complexity index is 818. The van der Waals surface area contributed by atoms with Gasteiger partial charge in [0.05, 0.1) is 4.88 Å². The molecule has 0 N–H and O–H groups in total. The summed E-state index contributed by atoms with van der Waals surface area (Å²) in [5.74, 6) is -2.04. The van der Waals surface area contributed by atoms with Gasteiger partial charge < -0.3 is 0 Å². The van der Waals surface area contributed by atoms with E-state index < -0.39 is 11.6 Å². The summed E-state index contributed by atoms with van der Waals surface area (Å²) in [5, 5.41) is 0.773. The lowest BCUT2D eigenvalue weighted by Gasteiger charge is -2.00. The zero-order valence-corrected chi connectivity index (χ0v) is 11.5. The molecule has 3 aromatic rings. The van der Waals surface area contributed by atoms with Gasteiger partial charge in [-0.1, -0.05) is 6.07 Å². The maximum absolute atomic E-state index is 13.1. The molecule has 1 nitrogen and oxygen atoms in total. The number of carbonyl (C=O) groups excluding carboxylic acids is 1. The van der Waals surface area contributed by atoms with E-state index in [1.165, 1.54) is 23.5 Å². The first kappa shape index (κ1) is 13.8. The third-order valence-corrected chi connectivity index (χ3v) is 4.18. The summed E-state index contributed by atoms with van der Waals surface area (Å²) in [6.45, 7) is 0. The second kappa shape index (κ2) is 5.33. The summed E-state index contributed by atoms with van der Waals surface area (Å²) in [5.41, 5.74) is 0.279. The Kier molecular flexibility index (Phi) is 3.51. The zero-order chi connectivity index (χ0) is 15.0. The van der Waals surface area contributed by atoms with Crippen molar-refractivity contribution in [3.63, 3.8) is 0 Å². The molecule has 0 aliphatic heterocycles. The molecule has 1 heterocycles. The van der Waals surface area contributed by atoms with Crippen LogP contribution < -0.4 is 0 Å². The van der Waals surface area contributed by atoms with E-state index in [0.717, 1.165) is 23.6 Å². The largest absolute Gasteiger partial charge is 0.293 e. The Hall–Kier alpha value is -2.14. The normalized spacial score (nSPS) is 11.0. The third kappa shape index (κ3) is 2.97. The third-order valence-electron chi connectivity index (χ3n) is 3.04. The number of hydrogen-bond donors (Lipinski definition) is 0. The highest BCUT2D eigenvalue weighted by molar-refractivity contribution is 7.20. The predicted octanol–water partition coefficient (Wildman–Crippen LogP) is 4.74. The second-order valence-electron chi connectivity index (χ2n) is 4.67. The molecule has 0 saturated heterocycles. The maximum Gasteiger partial charge on any atom is 0.177 e. The molecule has 3 rings (SSSR count). The van der Waals surface area contributed by atoms with Gasteiger partial charge in [0.25, 0.3) is 0 Å². The minimum Gasteiger partial charge on any atom is -0.293 e. The number of thiophene rings is 1. The molecule has 0 bridgehead atoms. The fraction of sp³-hybridized carbons (Fsp3) is 0.0625. The van der Waals surface area contributed by atoms with Crippen molar-refractivity contribution in [2.45, 2.75) is 6.42 Å². The number of ketones is 1. The number of benzene rings is 2. The molecule has 0 saturated carbocycles. The van der Waals surface area contributed by atoms with Gasteiger partial charge in [-0.2, -0.15) is 0 Å². The van der Waals surface area contributed by atoms with Gasteiger partial charge >= 0.3 is 0 Å². The molecule has 0 aliphatic rings. The van der Waals surface area contributed by atoms with E-state index in [4.69, 9.17) is 0 Å². The highest BCUT2D eigenvalue weighted by atomic mass is 32.1. The second-order valence-corrected chi connectivity index (χ2v) is 5.75. The van der Waals surface area contributed by atoms with Crippen molar-refractivity contribution in [2.75, 3.05) is 0 Å². The molecule has 21 heavy (non-hydrogen) atoms. The van der Waals surface area contributed by atoms with Gasteiger partial charge in [0.15, 0.2) is 5.78 Å². The maximum atomic E-state index is 13.1. The van der Waals surface area contributed by atoms with Gasteiger partial charge in [0, 0.05) is 17.2 Å². The molecule has 0 unspecified atom stereocenters. The van der Waals surface area contributed by atoms with E-state index in [0.29, 0.717) is 9.58 Å². The van der Waals surface area contributed by atoms with Crippen LogP contribution in [0.1, 0.15) is 15.2 Å². The van der Waals surface area contributed by atoms with Crippen LogP contribution in [0.5, 0.6) is 0 Å². The summed E-state index contributed by atoms with van der Waals surface area (Å²) in [7, 11) is 0. The van der Waals surface area contributed by atoms with Crippen molar-refractivity contribution in [3.8, 4) is 0 Å². The van der Waals surface area contributed by atoms with Crippen LogP contribution in [0.4, 0.5) is 13.2 Å². The number of Topliss-reactive ketones (excluding diaryl/α,β-unsaturated/α-hetero) is 1. The Morgan fingerprint density at radius 3 is 2.33 bits per heavy atom. The number of halogens is 3. The fourth-order valence-electron chi connectivity index (χ4n) is 2.13. The number of hydrogen-bond acceptors (Lipinski definition) is 2. The van der Waals surface area contributed by atoms with Gasteiger partial charge in [-0.3, -0.25) is 4.79 Å². The molecule has 2 aromatic carbocycles. The van der Waals surface area contributed by atoms with Crippen LogP contribution in [-0.4, -0.2) is 5.78 Å². The van der Waals surface area contributed by atoms with Gasteiger partial charge in [-0.05, 0) is 41.3 Å². The molecule has 0 spiro atoms. The van der Waals surface area contributed by atoms with Crippen LogP contribution in [0.2, 0.25) is 0 Å². The van der Waals surface area contributed by atoms with E-state index in [9.17, 15) is 18.0 Å². The molecule has 1 aromatic heterocycles. The summed E-state index contributed by atoms with van der Waals surface area (Å²) in [6, 6.07) is 8.97. The van der Waals surface area contributed by atoms with Crippen molar-refractivity contribution in [2.24, 2.45) is 0 Å². The Morgan fingerprint density at radius 1 is 0.905 bits per heavy atom. The van der Waals surface area contributed by atoms with Gasteiger partial charge in [-0.15, -0.1) is 11.3 Å². The van der Waals surface area contributed by atoms with E-state index in [2.05, 4.69) is 0 Å². The summed E-state index contributed by atoms with van der Waals surface area (Å²) >= 11 is 1.17. The van der Waals surface area contributed by atoms with Crippen molar-refractivity contribution < 1.29 is 18.0 Å². The first-order chi connectivity index (χ1) is 10.0. The standard InChI is InChI=1S/C16H9F3OS/c17-11-2-1-10-6-16(21-15(10)8-11)14(20)5-9-3-12(18)7-13(19)4-9/h1-4,6-8H,5H2. The van der Waals surface area contributed by atoms with Gasteiger partial charge in [0.1, 0.15) is 17.5 Å². The van der Waals surface area contributed by atoms with Crippen LogP contribution in [0.25, 0.3) is 10.1 Å². The lowest BCUT2D eigenvalue weighted by Crippen LogP contribution is -2.02. The van der Waals surface area contributed by atoms with E-state index in [-0.39, 0.29) is 23.6 Å². The topological polar surface area (TPSA) is 17.1 Å². The number of rotatable bonds is 3. The first-order valence-electron chi connectivity index (χ1n) is 6.18. The lowest BCUT2D eigenvalue weighted by atomic mass is 10.1. The van der Waals surface area contributed by atoms with E-state index in [1.807, 2.05) is 0 Å². The molecule has 106 valence electrons. The highest BCUT2D eigenvalue weighted by Gasteiger charge is 2.13. The van der Waals surface area contributed by atoms with Gasteiger partial charge in [-0.25, -0.2) is 13.2 Å². The molecule has 0 fully saturated rings. The quantitative estimate of drug-likeness (QED) is 0.639. The monoisotopic (exact) mass is 306 g/mol. The molecule has 5 heteroatoms. The molecule has 0 aliphatic carbocycles. The minimum absolute atomic E-state index is 0.0933. The Labute approximate surface area is 122 Å².